The molecular formula is C24H23F2N5O. The fourth-order valence-corrected chi connectivity index (χ4v) is 3.85. The number of rotatable bonds is 5. The quantitative estimate of drug-likeness (QED) is 0.497. The Bertz CT molecular complexity index is 1270. The molecule has 32 heavy (non-hydrogen) atoms. The molecule has 1 N–H and O–H groups in total. The average Bonchev–Trinajstić information content (AvgIpc) is 3.22. The fraction of sp³-hybridized carbons (Fsp3) is 0.250. The highest BCUT2D eigenvalue weighted by molar-refractivity contribution is 5.78. The first kappa shape index (κ1) is 20.5. The molecule has 6 nitrogen and oxygen atoms in total. The number of nitrogens with one attached hydrogen (secondary N) is 1. The predicted octanol–water partition coefficient (Wildman–Crippen LogP) is 4.58. The van der Waals surface area contributed by atoms with Gasteiger partial charge in [-0.2, -0.15) is 4.98 Å². The molecule has 0 bridgehead atoms. The number of fused-ring (bicyclic) bond motifs is 1. The molecule has 2 aromatic carbocycles. The average molecular weight is 435 g/mol. The fourth-order valence-electron chi connectivity index (χ4n) is 3.85. The maximum absolute atomic E-state index is 14.9. The van der Waals surface area contributed by atoms with Crippen LogP contribution in [0.3, 0.4) is 0 Å². The second-order valence-corrected chi connectivity index (χ2v) is 7.91. The topological polar surface area (TPSA) is 55.2 Å². The first-order valence-corrected chi connectivity index (χ1v) is 10.5. The van der Waals surface area contributed by atoms with Crippen LogP contribution in [0.1, 0.15) is 11.1 Å². The van der Waals surface area contributed by atoms with Crippen LogP contribution < -0.4 is 5.32 Å². The lowest BCUT2D eigenvalue weighted by Crippen LogP contribution is -2.35. The van der Waals surface area contributed by atoms with Gasteiger partial charge in [-0.05, 0) is 48.9 Å². The summed E-state index contributed by atoms with van der Waals surface area (Å²) in [5.41, 5.74) is 3.23. The molecule has 164 valence electrons. The van der Waals surface area contributed by atoms with Gasteiger partial charge in [-0.15, -0.1) is 0 Å². The van der Waals surface area contributed by atoms with Gasteiger partial charge in [0.1, 0.15) is 17.3 Å². The summed E-state index contributed by atoms with van der Waals surface area (Å²) in [5, 5.41) is 3.94. The molecule has 1 aliphatic heterocycles. The third-order valence-electron chi connectivity index (χ3n) is 5.65. The van der Waals surface area contributed by atoms with Gasteiger partial charge in [0.2, 0.25) is 5.95 Å². The third kappa shape index (κ3) is 4.19. The third-order valence-corrected chi connectivity index (χ3v) is 5.65. The summed E-state index contributed by atoms with van der Waals surface area (Å²) >= 11 is 0. The van der Waals surface area contributed by atoms with Gasteiger partial charge in [-0.25, -0.2) is 13.8 Å². The monoisotopic (exact) mass is 435 g/mol. The number of halogens is 2. The van der Waals surface area contributed by atoms with Crippen LogP contribution in [0.25, 0.3) is 16.7 Å². The molecule has 0 atom stereocenters. The Morgan fingerprint density at radius 1 is 1.03 bits per heavy atom. The van der Waals surface area contributed by atoms with Gasteiger partial charge in [0, 0.05) is 54.4 Å². The van der Waals surface area contributed by atoms with E-state index >= 15 is 0 Å². The molecule has 8 heteroatoms. The molecule has 1 aliphatic rings. The first-order valence-electron chi connectivity index (χ1n) is 10.5. The smallest absolute Gasteiger partial charge is 0.229 e. The Labute approximate surface area is 184 Å². The van der Waals surface area contributed by atoms with Crippen molar-refractivity contribution in [1.29, 1.82) is 0 Å². The lowest BCUT2D eigenvalue weighted by atomic mass is 10.1. The number of nitrogens with zero attached hydrogens (tertiary/aromatic N) is 4. The number of aromatic nitrogens is 3. The second-order valence-electron chi connectivity index (χ2n) is 7.91. The Balaban J connectivity index is 1.41. The van der Waals surface area contributed by atoms with E-state index in [0.29, 0.717) is 53.9 Å². The largest absolute Gasteiger partial charge is 0.379 e. The van der Waals surface area contributed by atoms with Gasteiger partial charge < -0.3 is 14.6 Å². The maximum atomic E-state index is 14.9. The highest BCUT2D eigenvalue weighted by Crippen LogP contribution is 2.23. The van der Waals surface area contributed by atoms with Gasteiger partial charge >= 0.3 is 0 Å². The predicted molar refractivity (Wildman–Crippen MR) is 119 cm³/mol. The standard InChI is InChI=1S/C24H23F2N5O/c1-16-12-19(3-5-21(16)25)28-24-27-14-17-6-7-31(23(17)29-24)20-4-2-18(22(26)13-20)15-30-8-10-32-11-9-30/h2-7,12-14H,8-11,15H2,1H3,(H,27,28,29). The Kier molecular flexibility index (Phi) is 5.55. The summed E-state index contributed by atoms with van der Waals surface area (Å²) in [4.78, 5) is 11.1. The van der Waals surface area contributed by atoms with Crippen molar-refractivity contribution in [2.45, 2.75) is 13.5 Å². The van der Waals surface area contributed by atoms with Crippen molar-refractivity contribution in [2.24, 2.45) is 0 Å². The second kappa shape index (κ2) is 8.64. The maximum Gasteiger partial charge on any atom is 0.229 e. The van der Waals surface area contributed by atoms with Crippen LogP contribution >= 0.6 is 0 Å². The van der Waals surface area contributed by atoms with E-state index in [1.165, 1.54) is 12.1 Å². The van der Waals surface area contributed by atoms with Crippen LogP contribution in [0.15, 0.2) is 54.9 Å². The highest BCUT2D eigenvalue weighted by Gasteiger charge is 2.15. The van der Waals surface area contributed by atoms with E-state index in [0.717, 1.165) is 18.5 Å². The van der Waals surface area contributed by atoms with Gasteiger partial charge in [-0.1, -0.05) is 6.07 Å². The number of aryl methyl sites for hydroxylation is 1. The van der Waals surface area contributed by atoms with Gasteiger partial charge in [0.25, 0.3) is 0 Å². The van der Waals surface area contributed by atoms with Gasteiger partial charge in [-0.3, -0.25) is 4.90 Å². The molecule has 4 aromatic rings. The van der Waals surface area contributed by atoms with E-state index in [9.17, 15) is 8.78 Å². The lowest BCUT2D eigenvalue weighted by Gasteiger charge is -2.26. The summed E-state index contributed by atoms with van der Waals surface area (Å²) in [6.45, 7) is 5.25. The van der Waals surface area contributed by atoms with Crippen LogP contribution in [0, 0.1) is 18.6 Å². The molecule has 0 unspecified atom stereocenters. The van der Waals surface area contributed by atoms with Crippen molar-refractivity contribution in [3.63, 3.8) is 0 Å². The normalized spacial score (nSPS) is 14.7. The number of morpholine rings is 1. The molecule has 5 rings (SSSR count). The Morgan fingerprint density at radius 2 is 1.88 bits per heavy atom. The van der Waals surface area contributed by atoms with Crippen molar-refractivity contribution < 1.29 is 13.5 Å². The van der Waals surface area contributed by atoms with E-state index in [1.54, 1.807) is 25.3 Å². The van der Waals surface area contributed by atoms with Crippen LogP contribution in [-0.2, 0) is 11.3 Å². The Morgan fingerprint density at radius 3 is 2.66 bits per heavy atom. The van der Waals surface area contributed by atoms with E-state index in [2.05, 4.69) is 20.2 Å². The summed E-state index contributed by atoms with van der Waals surface area (Å²) in [7, 11) is 0. The molecule has 1 fully saturated rings. The molecule has 0 aliphatic carbocycles. The van der Waals surface area contributed by atoms with Gasteiger partial charge in [0.05, 0.1) is 13.2 Å². The van der Waals surface area contributed by atoms with E-state index in [1.807, 2.05) is 29.0 Å². The minimum Gasteiger partial charge on any atom is -0.379 e. The van der Waals surface area contributed by atoms with Crippen molar-refractivity contribution in [3.8, 4) is 5.69 Å². The SMILES string of the molecule is Cc1cc(Nc2ncc3ccn(-c4ccc(CN5CCOCC5)c(F)c4)c3n2)ccc1F. The molecule has 2 aromatic heterocycles. The first-order chi connectivity index (χ1) is 15.6. The van der Waals surface area contributed by atoms with Crippen molar-refractivity contribution in [3.05, 3.63) is 77.6 Å². The highest BCUT2D eigenvalue weighted by atomic mass is 19.1. The molecule has 0 saturated carbocycles. The molecule has 0 spiro atoms. The number of hydrogen-bond donors (Lipinski definition) is 1. The lowest BCUT2D eigenvalue weighted by molar-refractivity contribution is 0.0337. The summed E-state index contributed by atoms with van der Waals surface area (Å²) in [5.74, 6) is -0.127. The number of benzene rings is 2. The Hall–Kier alpha value is -3.36. The minimum atomic E-state index is -0.264. The van der Waals surface area contributed by atoms with Crippen LogP contribution in [0.4, 0.5) is 20.4 Å². The number of ether oxygens (including phenoxy) is 1. The van der Waals surface area contributed by atoms with Gasteiger partial charge in [0.15, 0.2) is 0 Å². The van der Waals surface area contributed by atoms with Crippen LogP contribution in [0.5, 0.6) is 0 Å². The minimum absolute atomic E-state index is 0.245. The zero-order valence-corrected chi connectivity index (χ0v) is 17.7. The van der Waals surface area contributed by atoms with Crippen molar-refractivity contribution in [2.75, 3.05) is 31.6 Å². The van der Waals surface area contributed by atoms with Crippen LogP contribution in [-0.4, -0.2) is 45.7 Å². The van der Waals surface area contributed by atoms with E-state index in [-0.39, 0.29) is 11.6 Å². The zero-order chi connectivity index (χ0) is 22.1. The van der Waals surface area contributed by atoms with Crippen molar-refractivity contribution in [1.82, 2.24) is 19.4 Å². The molecule has 0 amide bonds. The molecule has 1 saturated heterocycles. The number of hydrogen-bond acceptors (Lipinski definition) is 5. The van der Waals surface area contributed by atoms with Crippen molar-refractivity contribution >= 4 is 22.7 Å². The van der Waals surface area contributed by atoms with E-state index < -0.39 is 0 Å². The number of anilines is 2. The van der Waals surface area contributed by atoms with E-state index in [4.69, 9.17) is 4.74 Å². The summed E-state index contributed by atoms with van der Waals surface area (Å²) in [6, 6.07) is 11.9. The summed E-state index contributed by atoms with van der Waals surface area (Å²) < 4.78 is 35.6. The molecule has 0 radical (unpaired) electrons. The van der Waals surface area contributed by atoms with Crippen LogP contribution in [0.2, 0.25) is 0 Å². The summed E-state index contributed by atoms with van der Waals surface area (Å²) in [6.07, 6.45) is 3.56. The molecule has 3 heterocycles. The zero-order valence-electron chi connectivity index (χ0n) is 17.7. The molecular weight excluding hydrogens is 412 g/mol.